The number of hydrogen-bond donors (Lipinski definition) is 0. The third-order valence-electron chi connectivity index (χ3n) is 3.00. The number of halogens is 3. The Morgan fingerprint density at radius 1 is 0.826 bits per heavy atom. The van der Waals surface area contributed by atoms with Crippen molar-refractivity contribution < 1.29 is 22.6 Å². The van der Waals surface area contributed by atoms with Crippen LogP contribution < -0.4 is 9.47 Å². The molecule has 0 aliphatic carbocycles. The topological polar surface area (TPSA) is 18.5 Å². The molecule has 2 rings (SSSR count). The van der Waals surface area contributed by atoms with E-state index in [2.05, 4.69) is 13.2 Å². The molecule has 0 saturated carbocycles. The average molecular weight is 320 g/mol. The molecule has 120 valence electrons. The standard InChI is InChI=1S/C18H15F3O2/c1-3-9-22-15-7-5-12(11-14(15)19)13-6-8-16(23-10-4-2)18(21)17(13)20/h3-8,11H,1-2,9-10H2. The maximum atomic E-state index is 14.2. The lowest BCUT2D eigenvalue weighted by Gasteiger charge is -2.11. The van der Waals surface area contributed by atoms with E-state index in [1.165, 1.54) is 36.4 Å². The first kappa shape index (κ1) is 16.7. The van der Waals surface area contributed by atoms with Gasteiger partial charge in [-0.2, -0.15) is 4.39 Å². The van der Waals surface area contributed by atoms with Crippen molar-refractivity contribution in [1.82, 2.24) is 0 Å². The highest BCUT2D eigenvalue weighted by atomic mass is 19.2. The molecule has 0 aliphatic rings. The van der Waals surface area contributed by atoms with Crippen LogP contribution in [0.25, 0.3) is 11.1 Å². The lowest BCUT2D eigenvalue weighted by molar-refractivity contribution is 0.333. The van der Waals surface area contributed by atoms with Crippen molar-refractivity contribution in [2.24, 2.45) is 0 Å². The van der Waals surface area contributed by atoms with Crippen LogP contribution in [0.1, 0.15) is 0 Å². The van der Waals surface area contributed by atoms with Crippen LogP contribution in [-0.4, -0.2) is 13.2 Å². The van der Waals surface area contributed by atoms with Gasteiger partial charge in [0.2, 0.25) is 5.82 Å². The Labute approximate surface area is 132 Å². The fourth-order valence-electron chi connectivity index (χ4n) is 1.95. The van der Waals surface area contributed by atoms with Crippen LogP contribution >= 0.6 is 0 Å². The van der Waals surface area contributed by atoms with E-state index in [4.69, 9.17) is 9.47 Å². The first-order valence-corrected chi connectivity index (χ1v) is 6.83. The van der Waals surface area contributed by atoms with Crippen LogP contribution in [0.3, 0.4) is 0 Å². The van der Waals surface area contributed by atoms with Gasteiger partial charge in [0.25, 0.3) is 0 Å². The Bertz CT molecular complexity index is 726. The first-order chi connectivity index (χ1) is 11.1. The van der Waals surface area contributed by atoms with Gasteiger partial charge in [-0.1, -0.05) is 31.4 Å². The van der Waals surface area contributed by atoms with Gasteiger partial charge in [0, 0.05) is 5.56 Å². The van der Waals surface area contributed by atoms with E-state index in [0.29, 0.717) is 0 Å². The molecule has 0 atom stereocenters. The molecule has 0 spiro atoms. The van der Waals surface area contributed by atoms with E-state index in [1.54, 1.807) is 0 Å². The summed E-state index contributed by atoms with van der Waals surface area (Å²) in [5, 5.41) is 0. The van der Waals surface area contributed by atoms with Crippen molar-refractivity contribution in [1.29, 1.82) is 0 Å². The maximum Gasteiger partial charge on any atom is 0.201 e. The molecule has 2 aromatic rings. The highest BCUT2D eigenvalue weighted by molar-refractivity contribution is 5.66. The molecule has 0 N–H and O–H groups in total. The number of rotatable bonds is 7. The van der Waals surface area contributed by atoms with Gasteiger partial charge in [-0.05, 0) is 29.8 Å². The van der Waals surface area contributed by atoms with Crippen molar-refractivity contribution in [3.05, 3.63) is 73.1 Å². The Hall–Kier alpha value is -2.69. The van der Waals surface area contributed by atoms with Crippen LogP contribution in [0, 0.1) is 17.5 Å². The molecule has 2 aromatic carbocycles. The summed E-state index contributed by atoms with van der Waals surface area (Å²) in [5.74, 6) is -3.11. The summed E-state index contributed by atoms with van der Waals surface area (Å²) in [7, 11) is 0. The van der Waals surface area contributed by atoms with Gasteiger partial charge in [0.1, 0.15) is 13.2 Å². The summed E-state index contributed by atoms with van der Waals surface area (Å²) in [6.07, 6.45) is 2.90. The normalized spacial score (nSPS) is 10.2. The van der Waals surface area contributed by atoms with E-state index in [0.717, 1.165) is 6.07 Å². The molecule has 0 amide bonds. The van der Waals surface area contributed by atoms with Gasteiger partial charge in [-0.25, -0.2) is 8.78 Å². The molecule has 0 fully saturated rings. The van der Waals surface area contributed by atoms with Crippen LogP contribution in [0.2, 0.25) is 0 Å². The van der Waals surface area contributed by atoms with Crippen LogP contribution in [-0.2, 0) is 0 Å². The second kappa shape index (κ2) is 7.54. The first-order valence-electron chi connectivity index (χ1n) is 6.83. The highest BCUT2D eigenvalue weighted by Crippen LogP contribution is 2.32. The maximum absolute atomic E-state index is 14.2. The van der Waals surface area contributed by atoms with Gasteiger partial charge in [-0.3, -0.25) is 0 Å². The fourth-order valence-corrected chi connectivity index (χ4v) is 1.95. The second-order valence-electron chi connectivity index (χ2n) is 4.58. The zero-order valence-corrected chi connectivity index (χ0v) is 12.3. The molecule has 0 unspecified atom stereocenters. The predicted molar refractivity (Wildman–Crippen MR) is 83.1 cm³/mol. The Balaban J connectivity index is 2.35. The van der Waals surface area contributed by atoms with E-state index in [-0.39, 0.29) is 35.8 Å². The van der Waals surface area contributed by atoms with Crippen LogP contribution in [0.5, 0.6) is 11.5 Å². The molecule has 5 heteroatoms. The molecule has 23 heavy (non-hydrogen) atoms. The lowest BCUT2D eigenvalue weighted by Crippen LogP contribution is -2.00. The third-order valence-corrected chi connectivity index (χ3v) is 3.00. The summed E-state index contributed by atoms with van der Waals surface area (Å²) in [4.78, 5) is 0. The smallest absolute Gasteiger partial charge is 0.201 e. The zero-order valence-electron chi connectivity index (χ0n) is 12.3. The summed E-state index contributed by atoms with van der Waals surface area (Å²) < 4.78 is 52.2. The highest BCUT2D eigenvalue weighted by Gasteiger charge is 2.17. The third kappa shape index (κ3) is 3.74. The Morgan fingerprint density at radius 2 is 1.43 bits per heavy atom. The quantitative estimate of drug-likeness (QED) is 0.676. The second-order valence-corrected chi connectivity index (χ2v) is 4.58. The minimum Gasteiger partial charge on any atom is -0.486 e. The van der Waals surface area contributed by atoms with Crippen molar-refractivity contribution >= 4 is 0 Å². The monoisotopic (exact) mass is 320 g/mol. The Morgan fingerprint density at radius 3 is 2.04 bits per heavy atom. The van der Waals surface area contributed by atoms with E-state index in [1.807, 2.05) is 0 Å². The fraction of sp³-hybridized carbons (Fsp3) is 0.111. The average Bonchev–Trinajstić information content (AvgIpc) is 2.55. The van der Waals surface area contributed by atoms with E-state index < -0.39 is 17.5 Å². The van der Waals surface area contributed by atoms with Crippen molar-refractivity contribution in [2.45, 2.75) is 0 Å². The largest absolute Gasteiger partial charge is 0.486 e. The van der Waals surface area contributed by atoms with Crippen LogP contribution in [0.4, 0.5) is 13.2 Å². The van der Waals surface area contributed by atoms with Gasteiger partial charge >= 0.3 is 0 Å². The molecule has 0 radical (unpaired) electrons. The van der Waals surface area contributed by atoms with Gasteiger partial charge in [0.15, 0.2) is 23.1 Å². The summed E-state index contributed by atoms with van der Waals surface area (Å²) in [6, 6.07) is 6.50. The molecule has 0 aromatic heterocycles. The molecule has 0 saturated heterocycles. The number of benzene rings is 2. The summed E-state index contributed by atoms with van der Waals surface area (Å²) in [5.41, 5.74) is 0.128. The van der Waals surface area contributed by atoms with Crippen molar-refractivity contribution in [3.8, 4) is 22.6 Å². The van der Waals surface area contributed by atoms with Gasteiger partial charge < -0.3 is 9.47 Å². The van der Waals surface area contributed by atoms with Gasteiger partial charge in [-0.15, -0.1) is 0 Å². The number of hydrogen-bond acceptors (Lipinski definition) is 2. The molecule has 0 aliphatic heterocycles. The molecular formula is C18H15F3O2. The molecule has 0 heterocycles. The van der Waals surface area contributed by atoms with Crippen molar-refractivity contribution in [2.75, 3.05) is 13.2 Å². The molecular weight excluding hydrogens is 305 g/mol. The SMILES string of the molecule is C=CCOc1ccc(-c2ccc(OCC=C)c(F)c2F)cc1F. The number of ether oxygens (including phenoxy) is 2. The van der Waals surface area contributed by atoms with Crippen LogP contribution in [0.15, 0.2) is 55.6 Å². The lowest BCUT2D eigenvalue weighted by atomic mass is 10.0. The zero-order chi connectivity index (χ0) is 16.8. The minimum atomic E-state index is -1.13. The summed E-state index contributed by atoms with van der Waals surface area (Å²) in [6.45, 7) is 7.10. The molecule has 2 nitrogen and oxygen atoms in total. The minimum absolute atomic E-state index is 0.0143. The summed E-state index contributed by atoms with van der Waals surface area (Å²) >= 11 is 0. The Kier molecular flexibility index (Phi) is 5.46. The predicted octanol–water partition coefficient (Wildman–Crippen LogP) is 4.90. The van der Waals surface area contributed by atoms with E-state index >= 15 is 0 Å². The van der Waals surface area contributed by atoms with E-state index in [9.17, 15) is 13.2 Å². The molecule has 0 bridgehead atoms. The van der Waals surface area contributed by atoms with Gasteiger partial charge in [0.05, 0.1) is 0 Å². The van der Waals surface area contributed by atoms with Crippen molar-refractivity contribution in [3.63, 3.8) is 0 Å².